The van der Waals surface area contributed by atoms with Crippen LogP contribution in [0.2, 0.25) is 0 Å². The second-order valence-corrected chi connectivity index (χ2v) is 13.8. The quantitative estimate of drug-likeness (QED) is 0.151. The van der Waals surface area contributed by atoms with E-state index < -0.39 is 24.3 Å². The van der Waals surface area contributed by atoms with Gasteiger partial charge in [0.1, 0.15) is 35.1 Å². The Hall–Kier alpha value is -7.32. The largest absolute Gasteiger partial charge is 0.453 e. The number of alkyl carbamates (subject to hydrolysis) is 2. The van der Waals surface area contributed by atoms with Gasteiger partial charge >= 0.3 is 12.2 Å². The van der Waals surface area contributed by atoms with Gasteiger partial charge in [0.25, 0.3) is 11.8 Å². The molecular weight excluding hydrogens is 737 g/mol. The number of hydrogen-bond acceptors (Lipinski definition) is 8. The van der Waals surface area contributed by atoms with Gasteiger partial charge in [-0.15, -0.1) is 0 Å². The van der Waals surface area contributed by atoms with Gasteiger partial charge in [-0.25, -0.2) is 19.6 Å². The van der Waals surface area contributed by atoms with Crippen molar-refractivity contribution in [2.45, 2.75) is 49.9 Å². The van der Waals surface area contributed by atoms with E-state index in [1.807, 2.05) is 60.7 Å². The van der Waals surface area contributed by atoms with Crippen LogP contribution in [0.25, 0.3) is 0 Å². The summed E-state index contributed by atoms with van der Waals surface area (Å²) in [4.78, 5) is 71.0. The molecule has 0 saturated carbocycles. The van der Waals surface area contributed by atoms with Crippen molar-refractivity contribution < 1.29 is 28.7 Å². The van der Waals surface area contributed by atoms with Crippen molar-refractivity contribution in [1.82, 2.24) is 40.4 Å². The summed E-state index contributed by atoms with van der Waals surface area (Å²) in [5.74, 6) is 13.4. The van der Waals surface area contributed by atoms with Gasteiger partial charge in [-0.05, 0) is 72.9 Å². The van der Waals surface area contributed by atoms with E-state index in [1.54, 1.807) is 46.5 Å². The normalized spacial score (nSPS) is 16.9. The molecular formula is C44H42N8O6. The lowest BCUT2D eigenvalue weighted by molar-refractivity contribution is -0.135. The molecule has 2 aromatic heterocycles. The summed E-state index contributed by atoms with van der Waals surface area (Å²) in [7, 11) is 2.53. The summed E-state index contributed by atoms with van der Waals surface area (Å²) in [5, 5.41) is 5.36. The van der Waals surface area contributed by atoms with Gasteiger partial charge in [-0.3, -0.25) is 9.59 Å². The van der Waals surface area contributed by atoms with Crippen LogP contribution < -0.4 is 10.6 Å². The molecule has 3 aromatic carbocycles. The second kappa shape index (κ2) is 18.1. The van der Waals surface area contributed by atoms with E-state index in [0.717, 1.165) is 36.8 Å². The first kappa shape index (κ1) is 38.9. The summed E-state index contributed by atoms with van der Waals surface area (Å²) in [5.41, 5.74) is 4.10. The fourth-order valence-corrected chi connectivity index (χ4v) is 7.24. The minimum absolute atomic E-state index is 0.240. The zero-order valence-electron chi connectivity index (χ0n) is 32.0. The summed E-state index contributed by atoms with van der Waals surface area (Å²) >= 11 is 0. The molecule has 14 heteroatoms. The number of methoxy groups -OCH3 is 2. The Morgan fingerprint density at radius 1 is 0.621 bits per heavy atom. The minimum Gasteiger partial charge on any atom is -0.453 e. The van der Waals surface area contributed by atoms with Crippen molar-refractivity contribution in [1.29, 1.82) is 0 Å². The second-order valence-electron chi connectivity index (χ2n) is 13.8. The number of aromatic nitrogens is 4. The van der Waals surface area contributed by atoms with E-state index in [4.69, 9.17) is 9.47 Å². The number of hydrogen-bond donors (Lipinski definition) is 4. The Morgan fingerprint density at radius 3 is 1.40 bits per heavy atom. The molecule has 0 bridgehead atoms. The van der Waals surface area contributed by atoms with Crippen LogP contribution in [0, 0.1) is 23.7 Å². The zero-order valence-corrected chi connectivity index (χ0v) is 32.0. The van der Waals surface area contributed by atoms with Crippen LogP contribution in [0.3, 0.4) is 0 Å². The van der Waals surface area contributed by atoms with Crippen LogP contribution in [0.4, 0.5) is 9.59 Å². The number of ether oxygens (including phenoxy) is 2. The van der Waals surface area contributed by atoms with Gasteiger partial charge in [0, 0.05) is 24.2 Å². The smallest absolute Gasteiger partial charge is 0.407 e. The number of aromatic amines is 2. The van der Waals surface area contributed by atoms with Gasteiger partial charge < -0.3 is 39.9 Å². The van der Waals surface area contributed by atoms with Crippen LogP contribution in [-0.2, 0) is 19.1 Å². The number of likely N-dealkylation sites (tertiary alicyclic amines) is 2. The molecule has 2 fully saturated rings. The Balaban J connectivity index is 0.982. The number of benzene rings is 3. The standard InChI is InChI=1S/C44H42N8O6/c1-57-43(55)49-37(31-11-5-3-6-12-31)41(53)51-25-9-15-35(51)39-45-27-33(47-39)23-21-29-17-19-30(20-18-29)22-24-34-28-46-40(48-34)36-16-10-26-52(36)42(54)38(50-44(56)58-2)32-13-7-4-8-14-32/h3-8,11-14,17-20,27-28,35-38H,9-10,15-16,25-26H2,1-2H3,(H,45,47)(H,46,48)(H,49,55)(H,50,56)/t35-,36-,37+,38+/m0/s1. The first-order valence-electron chi connectivity index (χ1n) is 18.9. The van der Waals surface area contributed by atoms with Crippen LogP contribution in [0.1, 0.15) is 95.1 Å². The third-order valence-electron chi connectivity index (χ3n) is 10.1. The molecule has 0 spiro atoms. The molecule has 5 aromatic rings. The van der Waals surface area contributed by atoms with Crippen LogP contribution >= 0.6 is 0 Å². The van der Waals surface area contributed by atoms with E-state index in [2.05, 4.69) is 54.3 Å². The van der Waals surface area contributed by atoms with Gasteiger partial charge in [0.2, 0.25) is 0 Å². The SMILES string of the molecule is COC(=O)N[C@@H](C(=O)N1CCC[C@H]1c1ncc(C#Cc2ccc(C#Cc3cnc([C@@H]4CCCN4C(=O)[C@H](NC(=O)OC)c4ccccc4)[nH]3)cc2)[nH]1)c1ccccc1. The third-order valence-corrected chi connectivity index (χ3v) is 10.1. The molecule has 14 nitrogen and oxygen atoms in total. The maximum absolute atomic E-state index is 13.8. The number of carbonyl (C=O) groups excluding carboxylic acids is 4. The van der Waals surface area contributed by atoms with E-state index in [9.17, 15) is 19.2 Å². The summed E-state index contributed by atoms with van der Waals surface area (Å²) < 4.78 is 9.59. The molecule has 4 N–H and O–H groups in total. The van der Waals surface area contributed by atoms with Crippen molar-refractivity contribution in [2.24, 2.45) is 0 Å². The molecule has 2 saturated heterocycles. The lowest BCUT2D eigenvalue weighted by atomic mass is 10.1. The van der Waals surface area contributed by atoms with E-state index in [-0.39, 0.29) is 23.9 Å². The molecule has 2 aliphatic rings. The highest BCUT2D eigenvalue weighted by molar-refractivity contribution is 5.88. The molecule has 4 heterocycles. The predicted molar refractivity (Wildman–Crippen MR) is 212 cm³/mol. The lowest BCUT2D eigenvalue weighted by Crippen LogP contribution is -2.42. The van der Waals surface area contributed by atoms with Gasteiger partial charge in [-0.2, -0.15) is 0 Å². The molecule has 294 valence electrons. The van der Waals surface area contributed by atoms with Crippen molar-refractivity contribution in [3.8, 4) is 23.7 Å². The molecule has 58 heavy (non-hydrogen) atoms. The van der Waals surface area contributed by atoms with Gasteiger partial charge in [-0.1, -0.05) is 72.5 Å². The van der Waals surface area contributed by atoms with Crippen molar-refractivity contribution in [3.05, 3.63) is 143 Å². The Morgan fingerprint density at radius 2 is 1.02 bits per heavy atom. The molecule has 2 aliphatic heterocycles. The maximum Gasteiger partial charge on any atom is 0.407 e. The number of carbonyl (C=O) groups is 4. The number of amides is 4. The molecule has 7 rings (SSSR count). The molecule has 0 aliphatic carbocycles. The average Bonchev–Trinajstić information content (AvgIpc) is 4.11. The number of nitrogens with one attached hydrogen (secondary N) is 4. The highest BCUT2D eigenvalue weighted by Crippen LogP contribution is 2.34. The summed E-state index contributed by atoms with van der Waals surface area (Å²) in [6, 6.07) is 23.3. The third kappa shape index (κ3) is 9.03. The monoisotopic (exact) mass is 778 g/mol. The summed E-state index contributed by atoms with van der Waals surface area (Å²) in [6.45, 7) is 1.06. The topological polar surface area (TPSA) is 175 Å². The van der Waals surface area contributed by atoms with E-state index >= 15 is 0 Å². The van der Waals surface area contributed by atoms with Crippen LogP contribution in [-0.4, -0.2) is 81.0 Å². The first-order chi connectivity index (χ1) is 28.3. The van der Waals surface area contributed by atoms with E-state index in [1.165, 1.54) is 14.2 Å². The van der Waals surface area contributed by atoms with Crippen LogP contribution in [0.5, 0.6) is 0 Å². The minimum atomic E-state index is -0.897. The fraction of sp³-hybridized carbons (Fsp3) is 0.273. The number of rotatable bonds is 8. The van der Waals surface area contributed by atoms with Gasteiger partial charge in [0.05, 0.1) is 38.7 Å². The summed E-state index contributed by atoms with van der Waals surface area (Å²) in [6.07, 6.45) is 4.97. The number of nitrogens with zero attached hydrogens (tertiary/aromatic N) is 4. The average molecular weight is 779 g/mol. The highest BCUT2D eigenvalue weighted by atomic mass is 16.5. The van der Waals surface area contributed by atoms with Crippen molar-refractivity contribution in [3.63, 3.8) is 0 Å². The highest BCUT2D eigenvalue weighted by Gasteiger charge is 2.38. The van der Waals surface area contributed by atoms with Crippen LogP contribution in [0.15, 0.2) is 97.3 Å². The molecule has 0 unspecified atom stereocenters. The van der Waals surface area contributed by atoms with Crippen molar-refractivity contribution >= 4 is 24.0 Å². The Bertz CT molecular complexity index is 2210. The van der Waals surface area contributed by atoms with E-state index in [0.29, 0.717) is 47.3 Å². The molecule has 4 atom stereocenters. The van der Waals surface area contributed by atoms with Gasteiger partial charge in [0.15, 0.2) is 0 Å². The first-order valence-corrected chi connectivity index (χ1v) is 18.9. The zero-order chi connectivity index (χ0) is 40.4. The Kier molecular flexibility index (Phi) is 12.1. The predicted octanol–water partition coefficient (Wildman–Crippen LogP) is 5.45. The number of H-pyrrole nitrogens is 2. The fourth-order valence-electron chi connectivity index (χ4n) is 7.24. The van der Waals surface area contributed by atoms with Crippen molar-refractivity contribution in [2.75, 3.05) is 27.3 Å². The Labute approximate surface area is 335 Å². The number of imidazole rings is 2. The molecule has 4 amide bonds. The molecule has 0 radical (unpaired) electrons. The maximum atomic E-state index is 13.8. The lowest BCUT2D eigenvalue weighted by Gasteiger charge is -2.28.